The number of nitrogens with zero attached hydrogens (tertiary/aromatic N) is 2. The van der Waals surface area contributed by atoms with Crippen molar-refractivity contribution in [3.63, 3.8) is 0 Å². The molecule has 5 heteroatoms. The van der Waals surface area contributed by atoms with Gasteiger partial charge in [-0.05, 0) is 40.9 Å². The van der Waals surface area contributed by atoms with Crippen molar-refractivity contribution in [2.45, 2.75) is 31.3 Å². The summed E-state index contributed by atoms with van der Waals surface area (Å²) in [4.78, 5) is 11.4. The van der Waals surface area contributed by atoms with Crippen molar-refractivity contribution in [3.05, 3.63) is 34.9 Å². The minimum Gasteiger partial charge on any atom is -0.301 e. The van der Waals surface area contributed by atoms with E-state index in [0.29, 0.717) is 0 Å². The molecule has 0 N–H and O–H groups in total. The second-order valence-electron chi connectivity index (χ2n) is 4.50. The highest BCUT2D eigenvalue weighted by Crippen LogP contribution is 2.32. The number of carbonyl (C=O) groups excluding carboxylic acids is 1. The normalized spacial score (nSPS) is 18.6. The maximum Gasteiger partial charge on any atom is 0.148 e. The Balaban J connectivity index is 2.56. The van der Waals surface area contributed by atoms with E-state index in [1.54, 1.807) is 0 Å². The molecule has 1 heterocycles. The Hall–Kier alpha value is -0.680. The number of benzene rings is 1. The minimum absolute atomic E-state index is 0.175. The van der Waals surface area contributed by atoms with E-state index in [0.717, 1.165) is 32.9 Å². The molecule has 1 aromatic carbocycles. The van der Waals surface area contributed by atoms with Gasteiger partial charge < -0.3 is 4.79 Å². The van der Waals surface area contributed by atoms with Crippen LogP contribution in [-0.4, -0.2) is 22.0 Å². The Kier molecular flexibility index (Phi) is 4.22. The maximum atomic E-state index is 11.4. The van der Waals surface area contributed by atoms with E-state index in [1.807, 2.05) is 31.0 Å². The van der Waals surface area contributed by atoms with Gasteiger partial charge in [-0.3, -0.25) is 5.01 Å². The highest BCUT2D eigenvalue weighted by molar-refractivity contribution is 9.18. The van der Waals surface area contributed by atoms with E-state index in [4.69, 9.17) is 0 Å². The number of halogens is 2. The van der Waals surface area contributed by atoms with Crippen LogP contribution in [0.2, 0.25) is 0 Å². The van der Waals surface area contributed by atoms with Gasteiger partial charge in [0, 0.05) is 16.9 Å². The van der Waals surface area contributed by atoms with Crippen molar-refractivity contribution in [1.82, 2.24) is 5.01 Å². The Morgan fingerprint density at radius 1 is 1.50 bits per heavy atom. The molecule has 0 saturated carbocycles. The Bertz CT molecular complexity index is 500. The molecule has 18 heavy (non-hydrogen) atoms. The Morgan fingerprint density at radius 3 is 2.78 bits per heavy atom. The zero-order valence-corrected chi connectivity index (χ0v) is 13.4. The molecule has 0 aliphatic carbocycles. The van der Waals surface area contributed by atoms with E-state index in [1.165, 1.54) is 0 Å². The third-order valence-electron chi connectivity index (χ3n) is 2.96. The number of hydrazone groups is 1. The predicted octanol–water partition coefficient (Wildman–Crippen LogP) is 3.60. The van der Waals surface area contributed by atoms with Crippen LogP contribution in [0.5, 0.6) is 0 Å². The molecule has 1 atom stereocenters. The maximum absolute atomic E-state index is 11.4. The van der Waals surface area contributed by atoms with E-state index in [-0.39, 0.29) is 12.1 Å². The van der Waals surface area contributed by atoms with Gasteiger partial charge in [0.15, 0.2) is 0 Å². The number of hydrogen-bond acceptors (Lipinski definition) is 3. The number of hydrogen-bond donors (Lipinski definition) is 0. The molecule has 96 valence electrons. The molecule has 1 aliphatic rings. The fourth-order valence-electron chi connectivity index (χ4n) is 2.06. The molecule has 1 aromatic rings. The van der Waals surface area contributed by atoms with Gasteiger partial charge in [-0.2, -0.15) is 5.10 Å². The van der Waals surface area contributed by atoms with E-state index in [9.17, 15) is 4.79 Å². The third-order valence-corrected chi connectivity index (χ3v) is 4.19. The summed E-state index contributed by atoms with van der Waals surface area (Å²) in [6.45, 7) is 4.05. The third kappa shape index (κ3) is 2.38. The quantitative estimate of drug-likeness (QED) is 0.599. The van der Waals surface area contributed by atoms with Crippen LogP contribution in [0.4, 0.5) is 0 Å². The molecule has 0 amide bonds. The minimum atomic E-state index is -0.305. The molecule has 0 aromatic heterocycles. The van der Waals surface area contributed by atoms with Gasteiger partial charge in [0.25, 0.3) is 0 Å². The number of alkyl halides is 1. The van der Waals surface area contributed by atoms with E-state index >= 15 is 0 Å². The second-order valence-corrected chi connectivity index (χ2v) is 5.81. The average molecular weight is 374 g/mol. The molecule has 3 nitrogen and oxygen atoms in total. The number of rotatable bonds is 3. The van der Waals surface area contributed by atoms with Crippen molar-refractivity contribution in [2.24, 2.45) is 5.10 Å². The van der Waals surface area contributed by atoms with Crippen molar-refractivity contribution in [2.75, 3.05) is 0 Å². The van der Waals surface area contributed by atoms with Crippen LogP contribution in [0, 0.1) is 0 Å². The molecular weight excluding hydrogens is 360 g/mol. The van der Waals surface area contributed by atoms with Gasteiger partial charge in [-0.25, -0.2) is 0 Å². The summed E-state index contributed by atoms with van der Waals surface area (Å²) in [5.41, 5.74) is 3.16. The number of carbonyl (C=O) groups is 1. The van der Waals surface area contributed by atoms with Gasteiger partial charge in [0.1, 0.15) is 16.9 Å². The van der Waals surface area contributed by atoms with Gasteiger partial charge in [-0.15, -0.1) is 0 Å². The lowest BCUT2D eigenvalue weighted by Gasteiger charge is -2.34. The smallest absolute Gasteiger partial charge is 0.148 e. The topological polar surface area (TPSA) is 32.7 Å². The highest BCUT2D eigenvalue weighted by Gasteiger charge is 2.29. The SMILES string of the molecule is CC(C)N1N=C(Br)c2ccc(CBr)cc2C1C=O. The summed E-state index contributed by atoms with van der Waals surface area (Å²) >= 11 is 6.92. The van der Waals surface area contributed by atoms with Crippen LogP contribution < -0.4 is 0 Å². The van der Waals surface area contributed by atoms with Crippen molar-refractivity contribution in [3.8, 4) is 0 Å². The molecule has 0 bridgehead atoms. The molecule has 0 saturated heterocycles. The molecule has 1 unspecified atom stereocenters. The molecule has 0 fully saturated rings. The van der Waals surface area contributed by atoms with Crippen LogP contribution in [0.25, 0.3) is 0 Å². The largest absolute Gasteiger partial charge is 0.301 e. The molecule has 2 rings (SSSR count). The zero-order valence-electron chi connectivity index (χ0n) is 10.2. The predicted molar refractivity (Wildman–Crippen MR) is 80.3 cm³/mol. The first-order valence-electron chi connectivity index (χ1n) is 5.75. The lowest BCUT2D eigenvalue weighted by molar-refractivity contribution is -0.113. The fraction of sp³-hybridized carbons (Fsp3) is 0.385. The molecule has 0 radical (unpaired) electrons. The van der Waals surface area contributed by atoms with Gasteiger partial charge in [0.05, 0.1) is 0 Å². The van der Waals surface area contributed by atoms with E-state index < -0.39 is 0 Å². The lowest BCUT2D eigenvalue weighted by atomic mass is 9.97. The first-order chi connectivity index (χ1) is 8.58. The van der Waals surface area contributed by atoms with Crippen molar-refractivity contribution in [1.29, 1.82) is 0 Å². The van der Waals surface area contributed by atoms with Crippen LogP contribution in [0.1, 0.15) is 36.6 Å². The van der Waals surface area contributed by atoms with Gasteiger partial charge in [-0.1, -0.05) is 34.1 Å². The van der Waals surface area contributed by atoms with E-state index in [2.05, 4.69) is 43.0 Å². The number of aldehydes is 1. The summed E-state index contributed by atoms with van der Waals surface area (Å²) < 4.78 is 0.783. The van der Waals surface area contributed by atoms with Crippen LogP contribution in [0.15, 0.2) is 23.3 Å². The summed E-state index contributed by atoms with van der Waals surface area (Å²) in [7, 11) is 0. The Morgan fingerprint density at radius 2 is 2.22 bits per heavy atom. The van der Waals surface area contributed by atoms with Crippen LogP contribution in [0.3, 0.4) is 0 Å². The molecular formula is C13H14Br2N2O. The summed E-state index contributed by atoms with van der Waals surface area (Å²) in [6, 6.07) is 5.98. The summed E-state index contributed by atoms with van der Waals surface area (Å²) in [6.07, 6.45) is 0.958. The summed E-state index contributed by atoms with van der Waals surface area (Å²) in [5, 5.41) is 7.07. The first kappa shape index (κ1) is 13.7. The lowest BCUT2D eigenvalue weighted by Crippen LogP contribution is -2.35. The second kappa shape index (κ2) is 5.53. The van der Waals surface area contributed by atoms with Crippen LogP contribution in [-0.2, 0) is 10.1 Å². The number of fused-ring (bicyclic) bond motifs is 1. The first-order valence-corrected chi connectivity index (χ1v) is 7.66. The molecule has 0 spiro atoms. The van der Waals surface area contributed by atoms with Gasteiger partial charge >= 0.3 is 0 Å². The Labute approximate surface area is 124 Å². The standard InChI is InChI=1S/C13H14Br2N2O/c1-8(2)17-12(7-18)11-5-9(6-14)3-4-10(11)13(15)16-17/h3-5,7-8,12H,6H2,1-2H3. The fourth-order valence-corrected chi connectivity index (χ4v) is 2.95. The monoisotopic (exact) mass is 372 g/mol. The highest BCUT2D eigenvalue weighted by atomic mass is 79.9. The molecule has 1 aliphatic heterocycles. The summed E-state index contributed by atoms with van der Waals surface area (Å²) in [5.74, 6) is 0. The van der Waals surface area contributed by atoms with Crippen molar-refractivity contribution >= 4 is 42.8 Å². The average Bonchev–Trinajstić information content (AvgIpc) is 2.37. The van der Waals surface area contributed by atoms with Crippen molar-refractivity contribution < 1.29 is 4.79 Å². The van der Waals surface area contributed by atoms with Crippen LogP contribution >= 0.6 is 31.9 Å². The zero-order chi connectivity index (χ0) is 13.3. The van der Waals surface area contributed by atoms with Gasteiger partial charge in [0.2, 0.25) is 0 Å².